The summed E-state index contributed by atoms with van der Waals surface area (Å²) in [6.07, 6.45) is 6.26. The maximum Gasteiger partial charge on any atom is 0.189 e. The molecule has 28 heavy (non-hydrogen) atoms. The monoisotopic (exact) mass is 368 g/mol. The molecule has 0 aliphatic heterocycles. The number of rotatable bonds is 6. The van der Waals surface area contributed by atoms with Crippen molar-refractivity contribution < 1.29 is 14.7 Å². The molecule has 3 aromatic rings. The molecule has 0 aromatic heterocycles. The summed E-state index contributed by atoms with van der Waals surface area (Å²) in [6.45, 7) is 1.73. The van der Waals surface area contributed by atoms with Crippen LogP contribution in [0.25, 0.3) is 12.2 Å². The van der Waals surface area contributed by atoms with Crippen LogP contribution < -0.4 is 0 Å². The molecule has 0 bridgehead atoms. The van der Waals surface area contributed by atoms with Crippen LogP contribution in [0.5, 0.6) is 5.75 Å². The van der Waals surface area contributed by atoms with Gasteiger partial charge in [-0.25, -0.2) is 0 Å². The first-order valence-electron chi connectivity index (χ1n) is 8.93. The number of hydrogen-bond donors (Lipinski definition) is 1. The first-order chi connectivity index (χ1) is 13.5. The Labute approximate surface area is 164 Å². The number of aryl methyl sites for hydroxylation is 1. The quantitative estimate of drug-likeness (QED) is 0.462. The standard InChI is InChI=1S/C25H20O3/c1-18-16-20(13-14-23(26)21-10-6-3-7-11-21)17-22(25(18)28)24(27)15-12-19-8-4-2-5-9-19/h2-17,28H,1H3/b14-13+,15-12+. The van der Waals surface area contributed by atoms with Gasteiger partial charge in [0.15, 0.2) is 11.6 Å². The molecule has 0 spiro atoms. The van der Waals surface area contributed by atoms with Gasteiger partial charge in [-0.05, 0) is 47.9 Å². The van der Waals surface area contributed by atoms with Crippen LogP contribution in [0.3, 0.4) is 0 Å². The van der Waals surface area contributed by atoms with Gasteiger partial charge < -0.3 is 5.11 Å². The van der Waals surface area contributed by atoms with Crippen LogP contribution in [0.4, 0.5) is 0 Å². The number of carbonyl (C=O) groups excluding carboxylic acids is 2. The van der Waals surface area contributed by atoms with Crippen molar-refractivity contribution in [2.45, 2.75) is 6.92 Å². The minimum atomic E-state index is -0.297. The van der Waals surface area contributed by atoms with Crippen molar-refractivity contribution in [1.82, 2.24) is 0 Å². The van der Waals surface area contributed by atoms with Gasteiger partial charge in [-0.3, -0.25) is 9.59 Å². The summed E-state index contributed by atoms with van der Waals surface area (Å²) in [5.41, 5.74) is 2.95. The van der Waals surface area contributed by atoms with Crippen molar-refractivity contribution in [1.29, 1.82) is 0 Å². The predicted molar refractivity (Wildman–Crippen MR) is 112 cm³/mol. The van der Waals surface area contributed by atoms with Gasteiger partial charge in [-0.15, -0.1) is 0 Å². The zero-order chi connectivity index (χ0) is 19.9. The lowest BCUT2D eigenvalue weighted by Gasteiger charge is -2.07. The number of phenols is 1. The fourth-order valence-corrected chi connectivity index (χ4v) is 2.79. The average Bonchev–Trinajstić information content (AvgIpc) is 2.73. The fourth-order valence-electron chi connectivity index (χ4n) is 2.79. The lowest BCUT2D eigenvalue weighted by Crippen LogP contribution is -1.98. The van der Waals surface area contributed by atoms with Gasteiger partial charge in [0.1, 0.15) is 5.75 Å². The van der Waals surface area contributed by atoms with Gasteiger partial charge in [0.05, 0.1) is 5.56 Å². The van der Waals surface area contributed by atoms with Crippen molar-refractivity contribution in [2.75, 3.05) is 0 Å². The summed E-state index contributed by atoms with van der Waals surface area (Å²) in [4.78, 5) is 24.8. The molecule has 0 saturated heterocycles. The van der Waals surface area contributed by atoms with Crippen molar-refractivity contribution in [3.63, 3.8) is 0 Å². The van der Waals surface area contributed by atoms with E-state index in [9.17, 15) is 14.7 Å². The second kappa shape index (κ2) is 8.78. The summed E-state index contributed by atoms with van der Waals surface area (Å²) in [6, 6.07) is 21.8. The molecule has 138 valence electrons. The summed E-state index contributed by atoms with van der Waals surface area (Å²) >= 11 is 0. The zero-order valence-electron chi connectivity index (χ0n) is 15.5. The van der Waals surface area contributed by atoms with E-state index in [1.807, 2.05) is 48.5 Å². The van der Waals surface area contributed by atoms with Crippen LogP contribution in [-0.4, -0.2) is 16.7 Å². The number of allylic oxidation sites excluding steroid dienone is 2. The van der Waals surface area contributed by atoms with Crippen LogP contribution in [0.1, 0.15) is 37.4 Å². The molecule has 0 fully saturated rings. The van der Waals surface area contributed by atoms with E-state index in [1.54, 1.807) is 43.3 Å². The smallest absolute Gasteiger partial charge is 0.189 e. The SMILES string of the molecule is Cc1cc(/C=C/C(=O)c2ccccc2)cc(C(=O)/C=C/c2ccccc2)c1O. The first-order valence-corrected chi connectivity index (χ1v) is 8.93. The molecule has 0 unspecified atom stereocenters. The highest BCUT2D eigenvalue weighted by Crippen LogP contribution is 2.26. The van der Waals surface area contributed by atoms with Crippen LogP contribution in [0, 0.1) is 6.92 Å². The lowest BCUT2D eigenvalue weighted by molar-refractivity contribution is 0.103. The Bertz CT molecular complexity index is 1050. The molecule has 3 rings (SSSR count). The molecule has 3 aromatic carbocycles. The molecule has 3 nitrogen and oxygen atoms in total. The zero-order valence-corrected chi connectivity index (χ0v) is 15.5. The molecule has 0 atom stereocenters. The highest BCUT2D eigenvalue weighted by Gasteiger charge is 2.12. The molecule has 0 heterocycles. The molecule has 1 N–H and O–H groups in total. The lowest BCUT2D eigenvalue weighted by atomic mass is 10.00. The second-order valence-corrected chi connectivity index (χ2v) is 6.41. The molecule has 0 aliphatic rings. The van der Waals surface area contributed by atoms with Crippen molar-refractivity contribution in [3.05, 3.63) is 113 Å². The summed E-state index contributed by atoms with van der Waals surface area (Å²) in [5.74, 6) is -0.466. The number of benzene rings is 3. The summed E-state index contributed by atoms with van der Waals surface area (Å²) in [5, 5.41) is 10.3. The number of phenolic OH excluding ortho intramolecular Hbond substituents is 1. The van der Waals surface area contributed by atoms with Gasteiger partial charge in [0.2, 0.25) is 0 Å². The topological polar surface area (TPSA) is 54.4 Å². The number of ketones is 2. The molecular weight excluding hydrogens is 348 g/mol. The van der Waals surface area contributed by atoms with Crippen molar-refractivity contribution >= 4 is 23.7 Å². The minimum absolute atomic E-state index is 0.0470. The van der Waals surface area contributed by atoms with Crippen LogP contribution in [-0.2, 0) is 0 Å². The van der Waals surface area contributed by atoms with Gasteiger partial charge in [-0.2, -0.15) is 0 Å². The molecule has 0 radical (unpaired) electrons. The van der Waals surface area contributed by atoms with E-state index in [-0.39, 0.29) is 22.9 Å². The normalized spacial score (nSPS) is 11.2. The van der Waals surface area contributed by atoms with Crippen LogP contribution in [0.15, 0.2) is 84.9 Å². The maximum absolute atomic E-state index is 12.6. The van der Waals surface area contributed by atoms with E-state index in [0.717, 1.165) is 5.56 Å². The van der Waals surface area contributed by atoms with Crippen LogP contribution >= 0.6 is 0 Å². The van der Waals surface area contributed by atoms with E-state index in [0.29, 0.717) is 16.7 Å². The Balaban J connectivity index is 1.84. The van der Waals surface area contributed by atoms with Gasteiger partial charge >= 0.3 is 0 Å². The first kappa shape index (κ1) is 19.1. The number of carbonyl (C=O) groups is 2. The largest absolute Gasteiger partial charge is 0.507 e. The second-order valence-electron chi connectivity index (χ2n) is 6.41. The Morgan fingerprint density at radius 1 is 0.750 bits per heavy atom. The third-order valence-corrected chi connectivity index (χ3v) is 4.30. The highest BCUT2D eigenvalue weighted by molar-refractivity contribution is 6.10. The Morgan fingerprint density at radius 2 is 1.32 bits per heavy atom. The minimum Gasteiger partial charge on any atom is -0.507 e. The van der Waals surface area contributed by atoms with E-state index >= 15 is 0 Å². The van der Waals surface area contributed by atoms with Gasteiger partial charge in [0.25, 0.3) is 0 Å². The Morgan fingerprint density at radius 3 is 2.00 bits per heavy atom. The van der Waals surface area contributed by atoms with E-state index < -0.39 is 0 Å². The molecule has 0 amide bonds. The van der Waals surface area contributed by atoms with Crippen molar-refractivity contribution in [3.8, 4) is 5.75 Å². The summed E-state index contributed by atoms with van der Waals surface area (Å²) < 4.78 is 0. The van der Waals surface area contributed by atoms with Crippen LogP contribution in [0.2, 0.25) is 0 Å². The number of aromatic hydroxyl groups is 1. The Hall–Kier alpha value is -3.72. The molecule has 0 saturated carbocycles. The Kier molecular flexibility index (Phi) is 5.97. The molecular formula is C25H20O3. The average molecular weight is 368 g/mol. The summed E-state index contributed by atoms with van der Waals surface area (Å²) in [7, 11) is 0. The van der Waals surface area contributed by atoms with E-state index in [4.69, 9.17) is 0 Å². The fraction of sp³-hybridized carbons (Fsp3) is 0.0400. The highest BCUT2D eigenvalue weighted by atomic mass is 16.3. The van der Waals surface area contributed by atoms with E-state index in [1.165, 1.54) is 12.2 Å². The van der Waals surface area contributed by atoms with E-state index in [2.05, 4.69) is 0 Å². The molecule has 3 heteroatoms. The third kappa shape index (κ3) is 4.71. The maximum atomic E-state index is 12.6. The third-order valence-electron chi connectivity index (χ3n) is 4.30. The predicted octanol–water partition coefficient (Wildman–Crippen LogP) is 5.49. The van der Waals surface area contributed by atoms with Gasteiger partial charge in [0, 0.05) is 5.56 Å². The van der Waals surface area contributed by atoms with Crippen molar-refractivity contribution in [2.24, 2.45) is 0 Å². The van der Waals surface area contributed by atoms with Gasteiger partial charge in [-0.1, -0.05) is 72.8 Å². The number of hydrogen-bond acceptors (Lipinski definition) is 3. The molecule has 0 aliphatic carbocycles.